The molecular formula is C16H18O5. The van der Waals surface area contributed by atoms with Crippen molar-refractivity contribution in [2.75, 3.05) is 13.7 Å². The largest absolute Gasteiger partial charge is 0.483 e. The van der Waals surface area contributed by atoms with E-state index in [-0.39, 0.29) is 11.9 Å². The van der Waals surface area contributed by atoms with E-state index < -0.39 is 5.97 Å². The minimum absolute atomic E-state index is 0.0876. The van der Waals surface area contributed by atoms with Gasteiger partial charge in [-0.05, 0) is 43.2 Å². The molecule has 0 aliphatic heterocycles. The normalized spacial score (nSPS) is 12.1. The molecule has 2 aromatic rings. The first kappa shape index (κ1) is 15.1. The van der Waals surface area contributed by atoms with E-state index in [1.165, 1.54) is 11.6 Å². The van der Waals surface area contributed by atoms with Gasteiger partial charge in [-0.15, -0.1) is 0 Å². The lowest BCUT2D eigenvalue weighted by Crippen LogP contribution is -2.02. The standard InChI is InChI=1S/C16H18O5/c1-11(14-7-8-15(21-14)16(17)18)20-13-5-3-12(4-6-13)9-10-19-2/h3-8,11H,9-10H2,1-2H3,(H,17,18). The molecule has 0 saturated heterocycles. The molecule has 1 N–H and O–H groups in total. The number of hydrogen-bond donors (Lipinski definition) is 1. The summed E-state index contributed by atoms with van der Waals surface area (Å²) in [6.45, 7) is 2.49. The monoisotopic (exact) mass is 290 g/mol. The van der Waals surface area contributed by atoms with Gasteiger partial charge in [0.25, 0.3) is 0 Å². The van der Waals surface area contributed by atoms with Crippen LogP contribution in [0.25, 0.3) is 0 Å². The molecule has 2 rings (SSSR count). The van der Waals surface area contributed by atoms with Crippen LogP contribution in [0, 0.1) is 0 Å². The first-order valence-corrected chi connectivity index (χ1v) is 6.67. The molecule has 21 heavy (non-hydrogen) atoms. The Hall–Kier alpha value is -2.27. The number of benzene rings is 1. The Kier molecular flexibility index (Phi) is 5.00. The van der Waals surface area contributed by atoms with Crippen LogP contribution in [0.4, 0.5) is 0 Å². The molecule has 1 aromatic carbocycles. The molecule has 1 atom stereocenters. The van der Waals surface area contributed by atoms with Crippen molar-refractivity contribution in [1.82, 2.24) is 0 Å². The van der Waals surface area contributed by atoms with Crippen LogP contribution in [-0.4, -0.2) is 24.8 Å². The van der Waals surface area contributed by atoms with Crippen LogP contribution in [0.1, 0.15) is 34.9 Å². The highest BCUT2D eigenvalue weighted by molar-refractivity contribution is 5.84. The topological polar surface area (TPSA) is 68.9 Å². The highest BCUT2D eigenvalue weighted by Gasteiger charge is 2.15. The van der Waals surface area contributed by atoms with Gasteiger partial charge in [0.2, 0.25) is 5.76 Å². The van der Waals surface area contributed by atoms with Crippen molar-refractivity contribution in [2.45, 2.75) is 19.4 Å². The third-order valence-corrected chi connectivity index (χ3v) is 3.07. The first-order valence-electron chi connectivity index (χ1n) is 6.67. The number of furan rings is 1. The molecule has 0 amide bonds. The zero-order chi connectivity index (χ0) is 15.2. The molecule has 1 heterocycles. The molecular weight excluding hydrogens is 272 g/mol. The Balaban J connectivity index is 1.98. The zero-order valence-corrected chi connectivity index (χ0v) is 12.0. The van der Waals surface area contributed by atoms with Crippen LogP contribution < -0.4 is 4.74 Å². The molecule has 0 aliphatic rings. The maximum atomic E-state index is 10.8. The maximum Gasteiger partial charge on any atom is 0.371 e. The quantitative estimate of drug-likeness (QED) is 0.847. The average Bonchev–Trinajstić information content (AvgIpc) is 2.97. The summed E-state index contributed by atoms with van der Waals surface area (Å²) in [6, 6.07) is 10.7. The van der Waals surface area contributed by atoms with Crippen LogP contribution in [0.2, 0.25) is 0 Å². The van der Waals surface area contributed by atoms with Gasteiger partial charge in [0.05, 0.1) is 6.61 Å². The number of ether oxygens (including phenoxy) is 2. The zero-order valence-electron chi connectivity index (χ0n) is 12.0. The minimum Gasteiger partial charge on any atom is -0.483 e. The molecule has 0 spiro atoms. The second-order valence-corrected chi connectivity index (χ2v) is 4.65. The summed E-state index contributed by atoms with van der Waals surface area (Å²) in [6.07, 6.45) is 0.495. The summed E-state index contributed by atoms with van der Waals surface area (Å²) >= 11 is 0. The Morgan fingerprint density at radius 1 is 1.24 bits per heavy atom. The highest BCUT2D eigenvalue weighted by Crippen LogP contribution is 2.23. The van der Waals surface area contributed by atoms with Crippen molar-refractivity contribution in [2.24, 2.45) is 0 Å². The Bertz CT molecular complexity index is 585. The van der Waals surface area contributed by atoms with Crippen molar-refractivity contribution in [1.29, 1.82) is 0 Å². The van der Waals surface area contributed by atoms with Gasteiger partial charge in [-0.2, -0.15) is 0 Å². The lowest BCUT2D eigenvalue weighted by Gasteiger charge is -2.12. The summed E-state index contributed by atoms with van der Waals surface area (Å²) in [7, 11) is 1.67. The second-order valence-electron chi connectivity index (χ2n) is 4.65. The number of rotatable bonds is 7. The molecule has 5 heteroatoms. The SMILES string of the molecule is COCCc1ccc(OC(C)c2ccc(C(=O)O)o2)cc1. The van der Waals surface area contributed by atoms with Gasteiger partial charge >= 0.3 is 5.97 Å². The summed E-state index contributed by atoms with van der Waals surface area (Å²) < 4.78 is 16.0. The summed E-state index contributed by atoms with van der Waals surface area (Å²) in [4.78, 5) is 10.8. The minimum atomic E-state index is -1.09. The average molecular weight is 290 g/mol. The van der Waals surface area contributed by atoms with Crippen molar-refractivity contribution < 1.29 is 23.8 Å². The van der Waals surface area contributed by atoms with E-state index in [2.05, 4.69) is 0 Å². The highest BCUT2D eigenvalue weighted by atomic mass is 16.5. The number of hydrogen-bond acceptors (Lipinski definition) is 4. The summed E-state index contributed by atoms with van der Waals surface area (Å²) in [5.74, 6) is 0.0131. The molecule has 1 unspecified atom stereocenters. The number of carboxylic acid groups (broad SMARTS) is 1. The molecule has 112 valence electrons. The number of carbonyl (C=O) groups is 1. The van der Waals surface area contributed by atoms with Crippen molar-refractivity contribution in [3.8, 4) is 5.75 Å². The van der Waals surface area contributed by atoms with Gasteiger partial charge in [-0.1, -0.05) is 12.1 Å². The van der Waals surface area contributed by atoms with Crippen molar-refractivity contribution >= 4 is 5.97 Å². The molecule has 0 saturated carbocycles. The van der Waals surface area contributed by atoms with E-state index in [4.69, 9.17) is 19.0 Å². The Morgan fingerprint density at radius 3 is 2.52 bits per heavy atom. The molecule has 0 bridgehead atoms. The lowest BCUT2D eigenvalue weighted by molar-refractivity contribution is 0.0655. The van der Waals surface area contributed by atoms with Crippen LogP contribution in [0.3, 0.4) is 0 Å². The van der Waals surface area contributed by atoms with Crippen molar-refractivity contribution in [3.05, 3.63) is 53.5 Å². The van der Waals surface area contributed by atoms with Gasteiger partial charge in [-0.25, -0.2) is 4.79 Å². The molecule has 1 aromatic heterocycles. The van der Waals surface area contributed by atoms with E-state index in [9.17, 15) is 4.79 Å². The van der Waals surface area contributed by atoms with Crippen LogP contribution in [0.5, 0.6) is 5.75 Å². The van der Waals surface area contributed by atoms with Gasteiger partial charge < -0.3 is 19.0 Å². The predicted octanol–water partition coefficient (Wildman–Crippen LogP) is 3.31. The van der Waals surface area contributed by atoms with E-state index in [0.717, 1.165) is 6.42 Å². The third-order valence-electron chi connectivity index (χ3n) is 3.07. The van der Waals surface area contributed by atoms with Crippen molar-refractivity contribution in [3.63, 3.8) is 0 Å². The third kappa shape index (κ3) is 4.10. The van der Waals surface area contributed by atoms with Gasteiger partial charge in [-0.3, -0.25) is 0 Å². The fourth-order valence-electron chi connectivity index (χ4n) is 1.90. The van der Waals surface area contributed by atoms with Gasteiger partial charge in [0.1, 0.15) is 11.5 Å². The lowest BCUT2D eigenvalue weighted by atomic mass is 10.1. The molecule has 0 radical (unpaired) electrons. The maximum absolute atomic E-state index is 10.8. The Morgan fingerprint density at radius 2 is 1.95 bits per heavy atom. The number of aromatic carboxylic acids is 1. The fourth-order valence-corrected chi connectivity index (χ4v) is 1.90. The predicted molar refractivity (Wildman–Crippen MR) is 76.7 cm³/mol. The van der Waals surface area contributed by atoms with E-state index >= 15 is 0 Å². The van der Waals surface area contributed by atoms with Crippen LogP contribution in [0.15, 0.2) is 40.8 Å². The van der Waals surface area contributed by atoms with E-state index in [0.29, 0.717) is 18.1 Å². The molecule has 0 aliphatic carbocycles. The van der Waals surface area contributed by atoms with Crippen LogP contribution in [-0.2, 0) is 11.2 Å². The first-order chi connectivity index (χ1) is 10.1. The Labute approximate surface area is 123 Å². The van der Waals surface area contributed by atoms with E-state index in [1.54, 1.807) is 13.2 Å². The fraction of sp³-hybridized carbons (Fsp3) is 0.312. The van der Waals surface area contributed by atoms with Gasteiger partial charge in [0, 0.05) is 7.11 Å². The summed E-state index contributed by atoms with van der Waals surface area (Å²) in [5, 5.41) is 8.83. The smallest absolute Gasteiger partial charge is 0.371 e. The summed E-state index contributed by atoms with van der Waals surface area (Å²) in [5.41, 5.74) is 1.17. The second kappa shape index (κ2) is 6.95. The molecule has 5 nitrogen and oxygen atoms in total. The molecule has 0 fully saturated rings. The number of carboxylic acids is 1. The van der Waals surface area contributed by atoms with E-state index in [1.807, 2.05) is 31.2 Å². The van der Waals surface area contributed by atoms with Gasteiger partial charge in [0.15, 0.2) is 6.10 Å². The number of methoxy groups -OCH3 is 1. The van der Waals surface area contributed by atoms with Crippen LogP contribution >= 0.6 is 0 Å².